The molecule has 1 aliphatic rings. The fourth-order valence-corrected chi connectivity index (χ4v) is 4.21. The predicted molar refractivity (Wildman–Crippen MR) is 94.0 cm³/mol. The zero-order valence-corrected chi connectivity index (χ0v) is 14.7. The van der Waals surface area contributed by atoms with Crippen molar-refractivity contribution in [2.24, 2.45) is 0 Å². The maximum Gasteiger partial charge on any atom is 0.150 e. The van der Waals surface area contributed by atoms with Crippen LogP contribution in [0.5, 0.6) is 0 Å². The smallest absolute Gasteiger partial charge is 0.150 e. The predicted octanol–water partition coefficient (Wildman–Crippen LogP) is 3.30. The first kappa shape index (κ1) is 15.8. The van der Waals surface area contributed by atoms with Crippen molar-refractivity contribution in [2.45, 2.75) is 23.6 Å². The first-order valence-corrected chi connectivity index (χ1v) is 9.19. The molecule has 1 aliphatic heterocycles. The summed E-state index contributed by atoms with van der Waals surface area (Å²) in [6, 6.07) is 8.51. The third kappa shape index (κ3) is 3.81. The second-order valence-corrected chi connectivity index (χ2v) is 7.72. The SMILES string of the molecule is Cc1csc(SC[C@H]2CN[C@@H](c3ccc(N(C)C)cc3)O2)n1. The largest absolute Gasteiger partial charge is 0.378 e. The Morgan fingerprint density at radius 2 is 2.14 bits per heavy atom. The molecule has 0 radical (unpaired) electrons. The standard InChI is InChI=1S/C16H21N3OS2/c1-11-9-21-16(18-11)22-10-14-8-17-15(20-14)12-4-6-13(7-5-12)19(2)3/h4-7,9,14-15,17H,8,10H2,1-3H3/t14-,15-/m1/s1. The summed E-state index contributed by atoms with van der Waals surface area (Å²) in [5, 5.41) is 5.54. The molecule has 1 aromatic carbocycles. The van der Waals surface area contributed by atoms with Crippen molar-refractivity contribution in [3.8, 4) is 0 Å². The lowest BCUT2D eigenvalue weighted by Crippen LogP contribution is -2.16. The summed E-state index contributed by atoms with van der Waals surface area (Å²) in [6.45, 7) is 2.92. The average molecular weight is 335 g/mol. The van der Waals surface area contributed by atoms with E-state index in [0.717, 1.165) is 22.3 Å². The van der Waals surface area contributed by atoms with Crippen LogP contribution in [0.15, 0.2) is 34.0 Å². The Bertz CT molecular complexity index is 612. The van der Waals surface area contributed by atoms with E-state index >= 15 is 0 Å². The molecule has 2 atom stereocenters. The van der Waals surface area contributed by atoms with E-state index in [1.807, 2.05) is 21.0 Å². The van der Waals surface area contributed by atoms with Crippen molar-refractivity contribution in [3.05, 3.63) is 40.9 Å². The summed E-state index contributed by atoms with van der Waals surface area (Å²) < 4.78 is 7.23. The number of aromatic nitrogens is 1. The zero-order valence-electron chi connectivity index (χ0n) is 13.1. The lowest BCUT2D eigenvalue weighted by Gasteiger charge is -2.16. The summed E-state index contributed by atoms with van der Waals surface area (Å²) in [4.78, 5) is 6.58. The van der Waals surface area contributed by atoms with Crippen molar-refractivity contribution in [2.75, 3.05) is 31.3 Å². The Labute approximate surface area is 139 Å². The molecule has 22 heavy (non-hydrogen) atoms. The molecule has 2 aromatic rings. The van der Waals surface area contributed by atoms with Crippen LogP contribution in [0.2, 0.25) is 0 Å². The molecule has 118 valence electrons. The van der Waals surface area contributed by atoms with Crippen LogP contribution in [0, 0.1) is 6.92 Å². The highest BCUT2D eigenvalue weighted by Gasteiger charge is 2.26. The van der Waals surface area contributed by atoms with E-state index in [2.05, 4.69) is 44.8 Å². The van der Waals surface area contributed by atoms with Gasteiger partial charge in [-0.05, 0) is 24.6 Å². The molecule has 1 N–H and O–H groups in total. The number of rotatable bonds is 5. The second kappa shape index (κ2) is 7.00. The van der Waals surface area contributed by atoms with Crippen molar-refractivity contribution in [3.63, 3.8) is 0 Å². The Hall–Kier alpha value is -1.08. The van der Waals surface area contributed by atoms with E-state index in [-0.39, 0.29) is 12.3 Å². The molecule has 1 aromatic heterocycles. The van der Waals surface area contributed by atoms with Crippen molar-refractivity contribution >= 4 is 28.8 Å². The van der Waals surface area contributed by atoms with Crippen molar-refractivity contribution < 1.29 is 4.74 Å². The number of nitrogens with one attached hydrogen (secondary N) is 1. The third-order valence-corrected chi connectivity index (χ3v) is 5.83. The topological polar surface area (TPSA) is 37.4 Å². The molecule has 1 fully saturated rings. The lowest BCUT2D eigenvalue weighted by molar-refractivity contribution is 0.0535. The lowest BCUT2D eigenvalue weighted by atomic mass is 10.2. The Balaban J connectivity index is 1.53. The Morgan fingerprint density at radius 3 is 2.77 bits per heavy atom. The summed E-state index contributed by atoms with van der Waals surface area (Å²) in [5.41, 5.74) is 3.48. The first-order valence-electron chi connectivity index (χ1n) is 7.33. The minimum Gasteiger partial charge on any atom is -0.378 e. The molecular weight excluding hydrogens is 314 g/mol. The summed E-state index contributed by atoms with van der Waals surface area (Å²) in [5.74, 6) is 0.937. The van der Waals surface area contributed by atoms with Crippen LogP contribution in [0.4, 0.5) is 5.69 Å². The van der Waals surface area contributed by atoms with Crippen LogP contribution in [0.3, 0.4) is 0 Å². The zero-order chi connectivity index (χ0) is 15.5. The van der Waals surface area contributed by atoms with Gasteiger partial charge in [0.25, 0.3) is 0 Å². The maximum atomic E-state index is 6.11. The number of thiazole rings is 1. The first-order chi connectivity index (χ1) is 10.6. The van der Waals surface area contributed by atoms with E-state index < -0.39 is 0 Å². The van der Waals surface area contributed by atoms with Crippen LogP contribution in [-0.2, 0) is 4.74 Å². The van der Waals surface area contributed by atoms with Crippen LogP contribution in [0.1, 0.15) is 17.5 Å². The van der Waals surface area contributed by atoms with E-state index in [1.165, 1.54) is 11.3 Å². The van der Waals surface area contributed by atoms with Crippen LogP contribution >= 0.6 is 23.1 Å². The van der Waals surface area contributed by atoms with Crippen LogP contribution in [0.25, 0.3) is 0 Å². The molecule has 0 spiro atoms. The molecule has 2 heterocycles. The number of ether oxygens (including phenoxy) is 1. The van der Waals surface area contributed by atoms with Gasteiger partial charge in [-0.25, -0.2) is 4.98 Å². The van der Waals surface area contributed by atoms with Gasteiger partial charge in [-0.3, -0.25) is 5.32 Å². The van der Waals surface area contributed by atoms with E-state index in [1.54, 1.807) is 23.1 Å². The molecule has 1 saturated heterocycles. The highest BCUT2D eigenvalue weighted by Crippen LogP contribution is 2.28. The number of anilines is 1. The highest BCUT2D eigenvalue weighted by molar-refractivity contribution is 8.01. The normalized spacial score (nSPS) is 21.2. The van der Waals surface area contributed by atoms with Crippen molar-refractivity contribution in [1.29, 1.82) is 0 Å². The third-order valence-electron chi connectivity index (χ3n) is 3.56. The van der Waals surface area contributed by atoms with Crippen LogP contribution in [-0.4, -0.2) is 37.5 Å². The highest BCUT2D eigenvalue weighted by atomic mass is 32.2. The fourth-order valence-electron chi connectivity index (χ4n) is 2.33. The fraction of sp³-hybridized carbons (Fsp3) is 0.438. The van der Waals surface area contributed by atoms with Gasteiger partial charge in [-0.15, -0.1) is 11.3 Å². The minimum atomic E-state index is -0.000145. The van der Waals surface area contributed by atoms with Crippen LogP contribution < -0.4 is 10.2 Å². The minimum absolute atomic E-state index is 0.000145. The maximum absolute atomic E-state index is 6.11. The summed E-state index contributed by atoms with van der Waals surface area (Å²) in [7, 11) is 4.10. The number of aryl methyl sites for hydroxylation is 1. The van der Waals surface area contributed by atoms with Gasteiger partial charge in [-0.2, -0.15) is 0 Å². The second-order valence-electron chi connectivity index (χ2n) is 5.60. The summed E-state index contributed by atoms with van der Waals surface area (Å²) >= 11 is 3.48. The number of thioether (sulfide) groups is 1. The number of nitrogens with zero attached hydrogens (tertiary/aromatic N) is 2. The van der Waals surface area contributed by atoms with Gasteiger partial charge < -0.3 is 9.64 Å². The molecule has 6 heteroatoms. The average Bonchev–Trinajstić information content (AvgIpc) is 3.14. The van der Waals surface area contributed by atoms with Gasteiger partial charge in [0.2, 0.25) is 0 Å². The van der Waals surface area contributed by atoms with Gasteiger partial charge in [0.05, 0.1) is 6.10 Å². The van der Waals surface area contributed by atoms with Gasteiger partial charge in [0.15, 0.2) is 0 Å². The molecule has 0 amide bonds. The van der Waals surface area contributed by atoms with E-state index in [4.69, 9.17) is 4.74 Å². The van der Waals surface area contributed by atoms with E-state index in [0.29, 0.717) is 0 Å². The summed E-state index contributed by atoms with van der Waals surface area (Å²) in [6.07, 6.45) is 0.229. The number of hydrogen-bond acceptors (Lipinski definition) is 6. The van der Waals surface area contributed by atoms with E-state index in [9.17, 15) is 0 Å². The molecule has 0 unspecified atom stereocenters. The van der Waals surface area contributed by atoms with Gasteiger partial charge in [0, 0.05) is 43.2 Å². The monoisotopic (exact) mass is 335 g/mol. The van der Waals surface area contributed by atoms with Gasteiger partial charge in [0.1, 0.15) is 10.6 Å². The van der Waals surface area contributed by atoms with Gasteiger partial charge in [-0.1, -0.05) is 23.9 Å². The molecule has 3 rings (SSSR count). The Morgan fingerprint density at radius 1 is 1.36 bits per heavy atom. The van der Waals surface area contributed by atoms with Crippen molar-refractivity contribution in [1.82, 2.24) is 10.3 Å². The quantitative estimate of drug-likeness (QED) is 0.849. The molecule has 0 saturated carbocycles. The molecule has 0 bridgehead atoms. The number of benzene rings is 1. The molecule has 4 nitrogen and oxygen atoms in total. The molecule has 0 aliphatic carbocycles. The Kier molecular flexibility index (Phi) is 5.03. The number of hydrogen-bond donors (Lipinski definition) is 1. The molecular formula is C16H21N3OS2. The van der Waals surface area contributed by atoms with Gasteiger partial charge >= 0.3 is 0 Å².